The normalized spacial score (nSPS) is 9.08. The molecule has 0 amide bonds. The summed E-state index contributed by atoms with van der Waals surface area (Å²) in [6.45, 7) is 5.14. The summed E-state index contributed by atoms with van der Waals surface area (Å²) in [5.41, 5.74) is 0.794. The SMILES string of the molecule is CC(C)Cn1cc(C#CC#N)cn1. The van der Waals surface area contributed by atoms with Crippen LogP contribution >= 0.6 is 0 Å². The van der Waals surface area contributed by atoms with Crippen LogP contribution in [-0.4, -0.2) is 9.78 Å². The summed E-state index contributed by atoms with van der Waals surface area (Å²) in [6.07, 6.45) is 3.52. The minimum absolute atomic E-state index is 0.566. The molecule has 0 saturated carbocycles. The fourth-order valence-electron chi connectivity index (χ4n) is 1.00. The van der Waals surface area contributed by atoms with Crippen molar-refractivity contribution in [2.24, 2.45) is 5.92 Å². The number of nitriles is 1. The maximum Gasteiger partial charge on any atom is 0.152 e. The number of nitrogens with zero attached hydrogens (tertiary/aromatic N) is 3. The smallest absolute Gasteiger partial charge is 0.152 e. The van der Waals surface area contributed by atoms with Gasteiger partial charge >= 0.3 is 0 Å². The third-order valence-electron chi connectivity index (χ3n) is 1.45. The Morgan fingerprint density at radius 2 is 2.38 bits per heavy atom. The van der Waals surface area contributed by atoms with E-state index in [1.807, 2.05) is 10.9 Å². The van der Waals surface area contributed by atoms with Crippen LogP contribution in [0.4, 0.5) is 0 Å². The van der Waals surface area contributed by atoms with E-state index in [1.54, 1.807) is 12.3 Å². The van der Waals surface area contributed by atoms with E-state index in [4.69, 9.17) is 5.26 Å². The summed E-state index contributed by atoms with van der Waals surface area (Å²) >= 11 is 0. The predicted octanol–water partition coefficient (Wildman–Crippen LogP) is 1.41. The average molecular weight is 173 g/mol. The molecule has 0 N–H and O–H groups in total. The van der Waals surface area contributed by atoms with Gasteiger partial charge in [-0.05, 0) is 11.8 Å². The molecule has 0 aliphatic heterocycles. The average Bonchev–Trinajstić information content (AvgIpc) is 2.48. The molecular formula is C10H11N3. The van der Waals surface area contributed by atoms with Crippen LogP contribution in [0.3, 0.4) is 0 Å². The van der Waals surface area contributed by atoms with Crippen molar-refractivity contribution in [3.05, 3.63) is 18.0 Å². The Morgan fingerprint density at radius 3 is 3.00 bits per heavy atom. The molecular weight excluding hydrogens is 162 g/mol. The molecule has 0 aliphatic rings. The van der Waals surface area contributed by atoms with Gasteiger partial charge in [-0.25, -0.2) is 0 Å². The second-order valence-electron chi connectivity index (χ2n) is 3.21. The molecule has 0 atom stereocenters. The lowest BCUT2D eigenvalue weighted by molar-refractivity contribution is 0.483. The lowest BCUT2D eigenvalue weighted by Gasteiger charge is -2.02. The Labute approximate surface area is 78.0 Å². The van der Waals surface area contributed by atoms with Gasteiger partial charge in [-0.15, -0.1) is 0 Å². The van der Waals surface area contributed by atoms with Gasteiger partial charge in [-0.2, -0.15) is 10.4 Å². The van der Waals surface area contributed by atoms with Crippen LogP contribution in [0.25, 0.3) is 0 Å². The molecule has 3 heteroatoms. The Hall–Kier alpha value is -1.74. The molecule has 0 radical (unpaired) electrons. The second-order valence-corrected chi connectivity index (χ2v) is 3.21. The van der Waals surface area contributed by atoms with E-state index in [-0.39, 0.29) is 0 Å². The van der Waals surface area contributed by atoms with Crippen LogP contribution < -0.4 is 0 Å². The molecule has 1 heterocycles. The van der Waals surface area contributed by atoms with Crippen LogP contribution in [0, 0.1) is 29.1 Å². The first-order chi connectivity index (χ1) is 6.22. The van der Waals surface area contributed by atoms with Crippen molar-refractivity contribution in [2.45, 2.75) is 20.4 Å². The minimum Gasteiger partial charge on any atom is -0.271 e. The topological polar surface area (TPSA) is 41.6 Å². The molecule has 0 fully saturated rings. The highest BCUT2D eigenvalue weighted by Gasteiger charge is 1.97. The molecule has 13 heavy (non-hydrogen) atoms. The Morgan fingerprint density at radius 1 is 1.62 bits per heavy atom. The highest BCUT2D eigenvalue weighted by molar-refractivity contribution is 5.34. The van der Waals surface area contributed by atoms with Crippen molar-refractivity contribution >= 4 is 0 Å². The lowest BCUT2D eigenvalue weighted by Crippen LogP contribution is -2.03. The van der Waals surface area contributed by atoms with Gasteiger partial charge in [-0.3, -0.25) is 4.68 Å². The van der Waals surface area contributed by atoms with Gasteiger partial charge in [0.25, 0.3) is 0 Å². The molecule has 0 spiro atoms. The first-order valence-corrected chi connectivity index (χ1v) is 4.15. The highest BCUT2D eigenvalue weighted by atomic mass is 15.3. The maximum atomic E-state index is 8.23. The molecule has 0 aromatic carbocycles. The first kappa shape index (κ1) is 9.35. The minimum atomic E-state index is 0.566. The molecule has 0 saturated heterocycles. The van der Waals surface area contributed by atoms with Gasteiger partial charge in [0.1, 0.15) is 0 Å². The molecule has 1 aromatic rings. The highest BCUT2D eigenvalue weighted by Crippen LogP contribution is 2.00. The van der Waals surface area contributed by atoms with Gasteiger partial charge in [0.2, 0.25) is 0 Å². The van der Waals surface area contributed by atoms with Crippen molar-refractivity contribution in [1.29, 1.82) is 5.26 Å². The predicted molar refractivity (Wildman–Crippen MR) is 49.6 cm³/mol. The van der Waals surface area contributed by atoms with Crippen molar-refractivity contribution < 1.29 is 0 Å². The molecule has 0 bridgehead atoms. The number of aromatic nitrogens is 2. The van der Waals surface area contributed by atoms with Crippen molar-refractivity contribution in [2.75, 3.05) is 0 Å². The van der Waals surface area contributed by atoms with Crippen molar-refractivity contribution in [3.8, 4) is 17.9 Å². The third-order valence-corrected chi connectivity index (χ3v) is 1.45. The third kappa shape index (κ3) is 3.01. The van der Waals surface area contributed by atoms with Gasteiger partial charge in [-0.1, -0.05) is 13.8 Å². The number of hydrogen-bond acceptors (Lipinski definition) is 2. The summed E-state index contributed by atoms with van der Waals surface area (Å²) in [5.74, 6) is 5.59. The molecule has 1 rings (SSSR count). The zero-order valence-electron chi connectivity index (χ0n) is 7.78. The van der Waals surface area contributed by atoms with Crippen LogP contribution in [0.2, 0.25) is 0 Å². The van der Waals surface area contributed by atoms with Crippen molar-refractivity contribution in [3.63, 3.8) is 0 Å². The molecule has 3 nitrogen and oxygen atoms in total. The number of hydrogen-bond donors (Lipinski definition) is 0. The van der Waals surface area contributed by atoms with E-state index in [2.05, 4.69) is 30.8 Å². The molecule has 66 valence electrons. The fraction of sp³-hybridized carbons (Fsp3) is 0.400. The van der Waals surface area contributed by atoms with Crippen LogP contribution in [0.15, 0.2) is 12.4 Å². The standard InChI is InChI=1S/C10H11N3/c1-9(2)7-13-8-10(6-12-13)4-3-5-11/h6,8-9H,7H2,1-2H3. The van der Waals surface area contributed by atoms with E-state index in [9.17, 15) is 0 Å². The van der Waals surface area contributed by atoms with Crippen LogP contribution in [0.5, 0.6) is 0 Å². The monoisotopic (exact) mass is 173 g/mol. The van der Waals surface area contributed by atoms with Gasteiger partial charge in [0.15, 0.2) is 6.07 Å². The molecule has 0 unspecified atom stereocenters. The Balaban J connectivity index is 2.70. The quantitative estimate of drug-likeness (QED) is 0.634. The fourth-order valence-corrected chi connectivity index (χ4v) is 1.00. The Kier molecular flexibility index (Phi) is 3.11. The lowest BCUT2D eigenvalue weighted by atomic mass is 10.2. The van der Waals surface area contributed by atoms with Gasteiger partial charge in [0.05, 0.1) is 11.8 Å². The summed E-state index contributed by atoms with van der Waals surface area (Å²) in [4.78, 5) is 0. The largest absolute Gasteiger partial charge is 0.271 e. The van der Waals surface area contributed by atoms with Crippen LogP contribution in [-0.2, 0) is 6.54 Å². The summed E-state index contributed by atoms with van der Waals surface area (Å²) in [7, 11) is 0. The zero-order valence-corrected chi connectivity index (χ0v) is 7.78. The van der Waals surface area contributed by atoms with Gasteiger partial charge in [0, 0.05) is 18.7 Å². The zero-order chi connectivity index (χ0) is 9.68. The maximum absolute atomic E-state index is 8.23. The second kappa shape index (κ2) is 4.33. The number of rotatable bonds is 2. The van der Waals surface area contributed by atoms with E-state index >= 15 is 0 Å². The Bertz CT molecular complexity index is 371. The van der Waals surface area contributed by atoms with E-state index in [1.165, 1.54) is 0 Å². The summed E-state index contributed by atoms with van der Waals surface area (Å²) < 4.78 is 1.84. The summed E-state index contributed by atoms with van der Waals surface area (Å²) in [6, 6.07) is 1.77. The van der Waals surface area contributed by atoms with E-state index in [0.717, 1.165) is 12.1 Å². The van der Waals surface area contributed by atoms with Crippen LogP contribution in [0.1, 0.15) is 19.4 Å². The molecule has 1 aromatic heterocycles. The van der Waals surface area contributed by atoms with E-state index < -0.39 is 0 Å². The summed E-state index contributed by atoms with van der Waals surface area (Å²) in [5, 5.41) is 12.3. The van der Waals surface area contributed by atoms with E-state index in [0.29, 0.717) is 5.92 Å². The van der Waals surface area contributed by atoms with Crippen molar-refractivity contribution in [1.82, 2.24) is 9.78 Å². The first-order valence-electron chi connectivity index (χ1n) is 4.15. The van der Waals surface area contributed by atoms with Gasteiger partial charge < -0.3 is 0 Å². The molecule has 0 aliphatic carbocycles.